The predicted octanol–water partition coefficient (Wildman–Crippen LogP) is 22.0. The number of alkyl carbamates (subject to hydrolysis) is 1. The van der Waals surface area contributed by atoms with Gasteiger partial charge in [-0.05, 0) is 379 Å². The van der Waals surface area contributed by atoms with Crippen LogP contribution in [0.3, 0.4) is 0 Å². The van der Waals surface area contributed by atoms with Crippen molar-refractivity contribution in [2.75, 3.05) is 73.6 Å². The Labute approximate surface area is 805 Å². The van der Waals surface area contributed by atoms with Crippen LogP contribution in [0.2, 0.25) is 0 Å². The molecule has 4 aromatic carbocycles. The fourth-order valence-corrected chi connectivity index (χ4v) is 23.4. The van der Waals surface area contributed by atoms with E-state index in [0.717, 1.165) is 159 Å². The summed E-state index contributed by atoms with van der Waals surface area (Å²) >= 11 is 0. The molecule has 0 spiro atoms. The van der Waals surface area contributed by atoms with E-state index in [1.807, 2.05) is 86.4 Å². The summed E-state index contributed by atoms with van der Waals surface area (Å²) in [6, 6.07) is 27.1. The Balaban J connectivity index is 0.000000162. The minimum absolute atomic E-state index is 0.00489. The molecule has 4 aromatic rings. The van der Waals surface area contributed by atoms with E-state index >= 15 is 0 Å². The van der Waals surface area contributed by atoms with Crippen molar-refractivity contribution in [3.63, 3.8) is 0 Å². The van der Waals surface area contributed by atoms with Crippen molar-refractivity contribution in [1.29, 1.82) is 0 Å². The molecule has 0 radical (unpaired) electrons. The molecule has 5 atom stereocenters. The Bertz CT molecular complexity index is 5050. The molecule has 740 valence electrons. The molecule has 4 unspecified atom stereocenters. The minimum Gasteiger partial charge on any atom is -0.444 e. The van der Waals surface area contributed by atoms with Crippen LogP contribution in [0, 0.1) is 70.8 Å². The molecule has 11 aliphatic rings. The highest BCUT2D eigenvalue weighted by Crippen LogP contribution is 2.50. The van der Waals surface area contributed by atoms with Crippen molar-refractivity contribution < 1.29 is 71.2 Å². The predicted molar refractivity (Wildman–Crippen MR) is 530 cm³/mol. The van der Waals surface area contributed by atoms with Gasteiger partial charge < -0.3 is 63.7 Å². The number of benzene rings is 4. The SMILES string of the molecule is CC(C)C1C2=C(CCN1C(=O)C1CCC(CN(C)C(=O)OC(C)(C)C)CC1)c1cc(F)ccc1C2.CC(C)C1C2=C(CCN1C(=O)C1CCC(CN(C)C(=O)OC(C)(C)C)CC1)c1ccc(F)cc1C2.CC(C)C1C2=C(CCN1C(=O)C1CCC(CN(C)C(=O)OC(C)(C)C)CC1)c1ccccc1C2.CC(C)CC1C2=C(CCN1C(=O)[C@@H](CCO)NC(=O)OC(C)(C)C)c1ccccc1C2. The van der Waals surface area contributed by atoms with Gasteiger partial charge in [-0.1, -0.05) is 116 Å². The van der Waals surface area contributed by atoms with Gasteiger partial charge in [0.05, 0.1) is 24.2 Å². The minimum atomic E-state index is -0.805. The molecule has 8 amide bonds. The number of ether oxygens (including phenoxy) is 4. The lowest BCUT2D eigenvalue weighted by molar-refractivity contribution is -0.140. The second-order valence-corrected chi connectivity index (χ2v) is 45.9. The number of nitrogens with one attached hydrogen (secondary N) is 1. The van der Waals surface area contributed by atoms with Crippen molar-refractivity contribution in [1.82, 2.24) is 39.6 Å². The van der Waals surface area contributed by atoms with Crippen molar-refractivity contribution in [2.45, 2.75) is 332 Å². The quantitative estimate of drug-likeness (QED) is 0.0885. The summed E-state index contributed by atoms with van der Waals surface area (Å²) in [5.74, 6) is 3.24. The van der Waals surface area contributed by atoms with Crippen LogP contribution in [0.1, 0.15) is 299 Å². The highest BCUT2D eigenvalue weighted by Gasteiger charge is 2.47. The fraction of sp³-hybridized carbons (Fsp3) is 0.643. The zero-order chi connectivity index (χ0) is 98.4. The molecule has 7 aliphatic carbocycles. The first-order valence-corrected chi connectivity index (χ1v) is 50.8. The molecule has 0 saturated heterocycles. The van der Waals surface area contributed by atoms with E-state index in [0.29, 0.717) is 80.1 Å². The maximum Gasteiger partial charge on any atom is 0.410 e. The molecule has 3 saturated carbocycles. The van der Waals surface area contributed by atoms with Crippen LogP contribution in [0.4, 0.5) is 28.0 Å². The van der Waals surface area contributed by atoms with Crippen molar-refractivity contribution >= 4 is 70.3 Å². The van der Waals surface area contributed by atoms with E-state index in [4.69, 9.17) is 18.9 Å². The number of amides is 8. The van der Waals surface area contributed by atoms with E-state index in [1.165, 1.54) is 78.0 Å². The standard InChI is InChI=1S/2C29H41FN2O3.C29H42N2O3.C25H36N2O4/c1-18(2)26-25-16-21-15-22(30)11-12-23(21)24(25)13-14-32(26)27(33)20-9-7-19(8-10-20)17-31(6)28(34)35-29(3,4)5;1-18(2)26-25-15-21-11-12-22(30)16-24(21)23(25)13-14-32(26)27(33)20-9-7-19(8-10-20)17-31(6)28(34)35-29(3,4)5;1-19(2)26-25-17-22-9-7-8-10-23(22)24(25)15-16-31(26)27(32)21-13-11-20(12-14-21)18-30(6)28(33)34-29(3,4)5;1-16(2)14-22-20-15-17-8-6-7-9-18(17)19(20)10-12-27(22)23(29)21(11-13-28)26-24(30)31-25(3,4)5/h11-12,15,18-20,26H,7-10,13-14,16-17H2,1-6H3;11-12,16,18-20,26H,7-10,13-15,17H2,1-6H3;7-10,19-21,26H,11-18H2,1-6H3;6-9,16,21-22,28H,10-15H2,1-5H3,(H,26,30)/t;;;21-,22?/m...1/s1. The Kier molecular flexibility index (Phi) is 34.2. The molecular formula is C112H160F2N8O13. The van der Waals surface area contributed by atoms with Gasteiger partial charge in [0.1, 0.15) is 40.1 Å². The van der Waals surface area contributed by atoms with Gasteiger partial charge in [0.2, 0.25) is 23.6 Å². The lowest BCUT2D eigenvalue weighted by Crippen LogP contribution is -2.54. The molecule has 2 N–H and O–H groups in total. The zero-order valence-corrected chi connectivity index (χ0v) is 85.7. The maximum atomic E-state index is 13.9. The second kappa shape index (κ2) is 44.2. The molecule has 0 aromatic heterocycles. The molecular weight excluding hydrogens is 1700 g/mol. The normalized spacial score (nSPS) is 23.2. The number of halogens is 2. The van der Waals surface area contributed by atoms with Crippen molar-refractivity contribution in [3.8, 4) is 0 Å². The van der Waals surface area contributed by atoms with Gasteiger partial charge in [-0.2, -0.15) is 0 Å². The monoisotopic (exact) mass is 1860 g/mol. The zero-order valence-electron chi connectivity index (χ0n) is 85.7. The molecule has 23 heteroatoms. The van der Waals surface area contributed by atoms with E-state index in [-0.39, 0.29) is 103 Å². The Morgan fingerprint density at radius 1 is 0.400 bits per heavy atom. The van der Waals surface area contributed by atoms with Crippen LogP contribution in [-0.4, -0.2) is 214 Å². The van der Waals surface area contributed by atoms with Crippen LogP contribution in [0.15, 0.2) is 107 Å². The number of fused-ring (bicyclic) bond motifs is 8. The topological polar surface area (TPSA) is 228 Å². The summed E-state index contributed by atoms with van der Waals surface area (Å²) in [6.07, 6.45) is 17.5. The van der Waals surface area contributed by atoms with Crippen LogP contribution in [0.25, 0.3) is 22.3 Å². The highest BCUT2D eigenvalue weighted by atomic mass is 19.1. The average Bonchev–Trinajstić information content (AvgIpc) is 1.64. The largest absolute Gasteiger partial charge is 0.444 e. The van der Waals surface area contributed by atoms with E-state index < -0.39 is 34.5 Å². The van der Waals surface area contributed by atoms with Gasteiger partial charge >= 0.3 is 24.4 Å². The van der Waals surface area contributed by atoms with Gasteiger partial charge in [-0.15, -0.1) is 0 Å². The van der Waals surface area contributed by atoms with E-state index in [2.05, 4.69) is 124 Å². The van der Waals surface area contributed by atoms with E-state index in [9.17, 15) is 52.2 Å². The molecule has 3 fully saturated rings. The summed E-state index contributed by atoms with van der Waals surface area (Å²) < 4.78 is 49.6. The van der Waals surface area contributed by atoms with Gasteiger partial charge in [-0.3, -0.25) is 19.2 Å². The third-order valence-electron chi connectivity index (χ3n) is 29.2. The van der Waals surface area contributed by atoms with Crippen LogP contribution in [0.5, 0.6) is 0 Å². The lowest BCUT2D eigenvalue weighted by Gasteiger charge is -2.42. The fourth-order valence-electron chi connectivity index (χ4n) is 23.4. The average molecular weight is 1860 g/mol. The maximum absolute atomic E-state index is 13.9. The first-order valence-electron chi connectivity index (χ1n) is 50.8. The highest BCUT2D eigenvalue weighted by molar-refractivity contribution is 5.90. The number of hydrogen-bond donors (Lipinski definition) is 2. The summed E-state index contributed by atoms with van der Waals surface area (Å²) in [6.45, 7) is 44.6. The summed E-state index contributed by atoms with van der Waals surface area (Å²) in [7, 11) is 5.41. The Morgan fingerprint density at radius 2 is 0.719 bits per heavy atom. The Hall–Kier alpha value is -9.38. The van der Waals surface area contributed by atoms with Gasteiger partial charge in [-0.25, -0.2) is 28.0 Å². The molecule has 135 heavy (non-hydrogen) atoms. The number of hydrogen-bond acceptors (Lipinski definition) is 13. The van der Waals surface area contributed by atoms with Crippen molar-refractivity contribution in [2.24, 2.45) is 59.2 Å². The van der Waals surface area contributed by atoms with E-state index in [1.54, 1.807) is 73.8 Å². The molecule has 21 nitrogen and oxygen atoms in total. The first kappa shape index (κ1) is 105. The summed E-state index contributed by atoms with van der Waals surface area (Å²) in [5.41, 5.74) is 18.7. The van der Waals surface area contributed by atoms with Crippen LogP contribution < -0.4 is 5.32 Å². The Morgan fingerprint density at radius 3 is 1.08 bits per heavy atom. The second-order valence-electron chi connectivity index (χ2n) is 45.9. The van der Waals surface area contributed by atoms with Crippen molar-refractivity contribution in [3.05, 3.63) is 163 Å². The number of carbonyl (C=O) groups is 8. The number of carbonyl (C=O) groups excluding carboxylic acids is 8. The number of aliphatic hydroxyl groups excluding tert-OH is 1. The number of aliphatic hydroxyl groups is 1. The smallest absolute Gasteiger partial charge is 0.410 e. The summed E-state index contributed by atoms with van der Waals surface area (Å²) in [5, 5.41) is 12.2. The van der Waals surface area contributed by atoms with Gasteiger partial charge in [0.25, 0.3) is 0 Å². The van der Waals surface area contributed by atoms with Gasteiger partial charge in [0, 0.05) is 91.3 Å². The molecule has 4 aliphatic heterocycles. The van der Waals surface area contributed by atoms with Gasteiger partial charge in [0.15, 0.2) is 0 Å². The van der Waals surface area contributed by atoms with Crippen LogP contribution in [-0.2, 0) is 63.8 Å². The summed E-state index contributed by atoms with van der Waals surface area (Å²) in [4.78, 5) is 118. The number of nitrogens with zero attached hydrogens (tertiary/aromatic N) is 7. The molecule has 4 heterocycles. The first-order chi connectivity index (χ1) is 63.5. The molecule has 15 rings (SSSR count). The molecule has 0 bridgehead atoms. The number of rotatable bonds is 18. The third-order valence-corrected chi connectivity index (χ3v) is 29.2. The third kappa shape index (κ3) is 26.2. The van der Waals surface area contributed by atoms with Crippen LogP contribution >= 0.6 is 0 Å². The lowest BCUT2D eigenvalue weighted by atomic mass is 9.79.